The molecule has 0 aliphatic carbocycles. The van der Waals surface area contributed by atoms with Gasteiger partial charge in [-0.1, -0.05) is 23.9 Å². The monoisotopic (exact) mass is 283 g/mol. The summed E-state index contributed by atoms with van der Waals surface area (Å²) < 4.78 is 18.4. The second kappa shape index (κ2) is 5.97. The molecule has 0 aliphatic rings. The highest BCUT2D eigenvalue weighted by atomic mass is 32.2. The lowest BCUT2D eigenvalue weighted by molar-refractivity contribution is -0.140. The molecule has 2 rings (SSSR count). The molecule has 0 amide bonds. The van der Waals surface area contributed by atoms with Gasteiger partial charge in [-0.3, -0.25) is 4.79 Å². The van der Waals surface area contributed by atoms with E-state index < -0.39 is 5.25 Å². The van der Waals surface area contributed by atoms with Gasteiger partial charge in [0.25, 0.3) is 0 Å². The van der Waals surface area contributed by atoms with Crippen molar-refractivity contribution in [3.8, 4) is 0 Å². The Hall–Kier alpha value is -1.40. The number of thiazole rings is 1. The summed E-state index contributed by atoms with van der Waals surface area (Å²) in [4.78, 5) is 15.9. The molecule has 0 N–H and O–H groups in total. The summed E-state index contributed by atoms with van der Waals surface area (Å²) in [5, 5.41) is 1.31. The van der Waals surface area contributed by atoms with Crippen molar-refractivity contribution in [2.45, 2.75) is 9.59 Å². The van der Waals surface area contributed by atoms with Crippen molar-refractivity contribution in [3.63, 3.8) is 0 Å². The van der Waals surface area contributed by atoms with E-state index in [2.05, 4.69) is 4.98 Å². The quantitative estimate of drug-likeness (QED) is 0.637. The number of hydrogen-bond acceptors (Lipinski definition) is 5. The number of rotatable bonds is 4. The maximum absolute atomic E-state index is 12.9. The van der Waals surface area contributed by atoms with E-state index >= 15 is 0 Å². The minimum absolute atomic E-state index is 0.332. The first-order chi connectivity index (χ1) is 8.70. The number of thioether (sulfide) groups is 1. The van der Waals surface area contributed by atoms with Crippen molar-refractivity contribution in [2.24, 2.45) is 0 Å². The van der Waals surface area contributed by atoms with Gasteiger partial charge >= 0.3 is 5.97 Å². The van der Waals surface area contributed by atoms with Crippen molar-refractivity contribution in [3.05, 3.63) is 47.2 Å². The van der Waals surface area contributed by atoms with Crippen LogP contribution in [0, 0.1) is 5.82 Å². The molecule has 1 heterocycles. The number of halogens is 1. The fourth-order valence-corrected chi connectivity index (χ4v) is 3.21. The molecule has 1 atom stereocenters. The van der Waals surface area contributed by atoms with Crippen LogP contribution in [-0.4, -0.2) is 18.1 Å². The molecule has 0 aliphatic heterocycles. The summed E-state index contributed by atoms with van der Waals surface area (Å²) in [5.41, 5.74) is 0.698. The molecule has 1 aromatic carbocycles. The minimum Gasteiger partial charge on any atom is -0.468 e. The lowest BCUT2D eigenvalue weighted by Crippen LogP contribution is -2.11. The maximum atomic E-state index is 12.9. The van der Waals surface area contributed by atoms with Crippen LogP contribution in [0.2, 0.25) is 0 Å². The summed E-state index contributed by atoms with van der Waals surface area (Å²) in [6, 6.07) is 5.82. The second-order valence-corrected chi connectivity index (χ2v) is 5.62. The normalized spacial score (nSPS) is 12.1. The summed E-state index contributed by atoms with van der Waals surface area (Å²) in [5.74, 6) is -0.705. The zero-order valence-electron chi connectivity index (χ0n) is 9.50. The molecule has 0 spiro atoms. The molecule has 3 nitrogen and oxygen atoms in total. The molecular formula is C12H10FNO2S2. The van der Waals surface area contributed by atoms with E-state index in [4.69, 9.17) is 4.74 Å². The molecule has 1 unspecified atom stereocenters. The van der Waals surface area contributed by atoms with Crippen LogP contribution in [0.15, 0.2) is 40.2 Å². The highest BCUT2D eigenvalue weighted by Crippen LogP contribution is 2.37. The van der Waals surface area contributed by atoms with Crippen LogP contribution >= 0.6 is 23.1 Å². The molecule has 2 aromatic rings. The first-order valence-corrected chi connectivity index (χ1v) is 6.86. The number of esters is 1. The number of carbonyl (C=O) groups excluding carboxylic acids is 1. The van der Waals surface area contributed by atoms with Gasteiger partial charge in [-0.15, -0.1) is 11.3 Å². The molecule has 0 fully saturated rings. The second-order valence-electron chi connectivity index (χ2n) is 3.37. The van der Waals surface area contributed by atoms with Crippen LogP contribution in [0.4, 0.5) is 4.39 Å². The number of hydrogen-bond donors (Lipinski definition) is 0. The molecular weight excluding hydrogens is 273 g/mol. The topological polar surface area (TPSA) is 39.2 Å². The van der Waals surface area contributed by atoms with Crippen LogP contribution in [0.3, 0.4) is 0 Å². The Bertz CT molecular complexity index is 513. The number of nitrogens with zero attached hydrogens (tertiary/aromatic N) is 1. The minimum atomic E-state index is -0.526. The van der Waals surface area contributed by atoms with E-state index in [0.29, 0.717) is 5.56 Å². The number of ether oxygens (including phenoxy) is 1. The van der Waals surface area contributed by atoms with Crippen molar-refractivity contribution < 1.29 is 13.9 Å². The van der Waals surface area contributed by atoms with Gasteiger partial charge in [0.15, 0.2) is 4.34 Å². The highest BCUT2D eigenvalue weighted by Gasteiger charge is 2.23. The third-order valence-electron chi connectivity index (χ3n) is 2.22. The molecule has 0 bridgehead atoms. The first-order valence-electron chi connectivity index (χ1n) is 5.10. The van der Waals surface area contributed by atoms with Gasteiger partial charge in [0, 0.05) is 11.6 Å². The molecule has 0 radical (unpaired) electrons. The van der Waals surface area contributed by atoms with Gasteiger partial charge in [0.1, 0.15) is 11.1 Å². The van der Waals surface area contributed by atoms with Crippen LogP contribution in [0.1, 0.15) is 10.8 Å². The van der Waals surface area contributed by atoms with Crippen molar-refractivity contribution in [1.29, 1.82) is 0 Å². The van der Waals surface area contributed by atoms with E-state index in [9.17, 15) is 9.18 Å². The van der Waals surface area contributed by atoms with Crippen LogP contribution in [-0.2, 0) is 9.53 Å². The summed E-state index contributed by atoms with van der Waals surface area (Å²) in [7, 11) is 1.33. The van der Waals surface area contributed by atoms with Crippen LogP contribution in [0.5, 0.6) is 0 Å². The van der Waals surface area contributed by atoms with Crippen molar-refractivity contribution in [2.75, 3.05) is 7.11 Å². The Balaban J connectivity index is 2.25. The lowest BCUT2D eigenvalue weighted by Gasteiger charge is -2.12. The van der Waals surface area contributed by atoms with Gasteiger partial charge in [0.05, 0.1) is 7.11 Å². The van der Waals surface area contributed by atoms with E-state index in [1.807, 2.05) is 5.38 Å². The smallest absolute Gasteiger partial charge is 0.323 e. The van der Waals surface area contributed by atoms with E-state index in [-0.39, 0.29) is 11.8 Å². The largest absolute Gasteiger partial charge is 0.468 e. The van der Waals surface area contributed by atoms with E-state index in [1.54, 1.807) is 18.3 Å². The maximum Gasteiger partial charge on any atom is 0.323 e. The SMILES string of the molecule is COC(=O)C(Sc1nccs1)c1ccc(F)cc1. The zero-order valence-corrected chi connectivity index (χ0v) is 11.1. The number of carbonyl (C=O) groups is 1. The summed E-state index contributed by atoms with van der Waals surface area (Å²) in [6.07, 6.45) is 1.67. The van der Waals surface area contributed by atoms with Gasteiger partial charge in [-0.05, 0) is 17.7 Å². The van der Waals surface area contributed by atoms with Crippen LogP contribution < -0.4 is 0 Å². The molecule has 1 aromatic heterocycles. The average molecular weight is 283 g/mol. The lowest BCUT2D eigenvalue weighted by atomic mass is 10.1. The molecule has 18 heavy (non-hydrogen) atoms. The third kappa shape index (κ3) is 3.08. The fraction of sp³-hybridized carbons (Fsp3) is 0.167. The predicted octanol–water partition coefficient (Wildman–Crippen LogP) is 3.29. The van der Waals surface area contributed by atoms with Crippen LogP contribution in [0.25, 0.3) is 0 Å². The van der Waals surface area contributed by atoms with Gasteiger partial charge in [-0.25, -0.2) is 9.37 Å². The highest BCUT2D eigenvalue weighted by molar-refractivity contribution is 8.01. The van der Waals surface area contributed by atoms with Gasteiger partial charge in [-0.2, -0.15) is 0 Å². The Morgan fingerprint density at radius 2 is 2.17 bits per heavy atom. The molecule has 6 heteroatoms. The Kier molecular flexibility index (Phi) is 4.33. The van der Waals surface area contributed by atoms with Gasteiger partial charge < -0.3 is 4.74 Å². The molecule has 0 saturated carbocycles. The number of methoxy groups -OCH3 is 1. The zero-order chi connectivity index (χ0) is 13.0. The van der Waals surface area contributed by atoms with E-state index in [0.717, 1.165) is 4.34 Å². The predicted molar refractivity (Wildman–Crippen MR) is 69.1 cm³/mol. The Morgan fingerprint density at radius 3 is 2.72 bits per heavy atom. The standard InChI is InChI=1S/C12H10FNO2S2/c1-16-11(15)10(18-12-14-6-7-17-12)8-2-4-9(13)5-3-8/h2-7,10H,1H3. The number of aromatic nitrogens is 1. The summed E-state index contributed by atoms with van der Waals surface area (Å²) in [6.45, 7) is 0. The number of benzene rings is 1. The van der Waals surface area contributed by atoms with Crippen molar-refractivity contribution >= 4 is 29.1 Å². The average Bonchev–Trinajstić information content (AvgIpc) is 2.89. The van der Waals surface area contributed by atoms with E-state index in [1.165, 1.54) is 42.3 Å². The third-order valence-corrected chi connectivity index (χ3v) is 4.37. The fourth-order valence-electron chi connectivity index (χ4n) is 1.37. The molecule has 0 saturated heterocycles. The summed E-state index contributed by atoms with van der Waals surface area (Å²) >= 11 is 2.74. The Labute approximate surface area is 112 Å². The van der Waals surface area contributed by atoms with Gasteiger partial charge in [0.2, 0.25) is 0 Å². The Morgan fingerprint density at radius 1 is 1.44 bits per heavy atom. The molecule has 94 valence electrons. The first kappa shape index (κ1) is 13.0. The van der Waals surface area contributed by atoms with Crippen molar-refractivity contribution in [1.82, 2.24) is 4.98 Å².